The first-order valence-corrected chi connectivity index (χ1v) is 7.94. The molecule has 114 valence electrons. The van der Waals surface area contributed by atoms with E-state index in [0.717, 1.165) is 23.8 Å². The third-order valence-corrected chi connectivity index (χ3v) is 4.70. The molecule has 2 atom stereocenters. The summed E-state index contributed by atoms with van der Waals surface area (Å²) in [5.41, 5.74) is 1.55. The van der Waals surface area contributed by atoms with Crippen molar-refractivity contribution in [2.24, 2.45) is 11.8 Å². The number of nitrogens with zero attached hydrogens (tertiary/aromatic N) is 2. The van der Waals surface area contributed by atoms with Gasteiger partial charge in [0.1, 0.15) is 5.82 Å². The first-order valence-electron chi connectivity index (χ1n) is 7.41. The summed E-state index contributed by atoms with van der Waals surface area (Å²) in [6.45, 7) is 3.20. The summed E-state index contributed by atoms with van der Waals surface area (Å²) in [7, 11) is 1.48. The second-order valence-corrected chi connectivity index (χ2v) is 6.30. The van der Waals surface area contributed by atoms with E-state index < -0.39 is 0 Å². The zero-order chi connectivity index (χ0) is 15.0. The topological polar surface area (TPSA) is 27.1 Å². The van der Waals surface area contributed by atoms with E-state index >= 15 is 0 Å². The highest BCUT2D eigenvalue weighted by Crippen LogP contribution is 2.33. The highest BCUT2D eigenvalue weighted by Gasteiger charge is 2.24. The summed E-state index contributed by atoms with van der Waals surface area (Å²) in [6, 6.07) is 3.16. The van der Waals surface area contributed by atoms with E-state index in [1.54, 1.807) is 6.07 Å². The predicted molar refractivity (Wildman–Crippen MR) is 82.3 cm³/mol. The smallest absolute Gasteiger partial charge is 0.167 e. The van der Waals surface area contributed by atoms with Gasteiger partial charge < -0.3 is 9.30 Å². The molecule has 0 amide bonds. The van der Waals surface area contributed by atoms with Crippen molar-refractivity contribution in [3.05, 3.63) is 23.8 Å². The lowest BCUT2D eigenvalue weighted by molar-refractivity contribution is 0.387. The Labute approximate surface area is 129 Å². The number of halogens is 2. The normalized spacial score (nSPS) is 22.1. The predicted octanol–water partition coefficient (Wildman–Crippen LogP) is 4.36. The molecule has 1 fully saturated rings. The fraction of sp³-hybridized carbons (Fsp3) is 0.562. The molecule has 0 saturated heterocycles. The summed E-state index contributed by atoms with van der Waals surface area (Å²) in [6.07, 6.45) is 3.76. The molecule has 1 aromatic carbocycles. The second kappa shape index (κ2) is 5.84. The third-order valence-electron chi connectivity index (χ3n) is 4.46. The van der Waals surface area contributed by atoms with Crippen molar-refractivity contribution in [3.63, 3.8) is 0 Å². The minimum Gasteiger partial charge on any atom is -0.494 e. The van der Waals surface area contributed by atoms with Crippen LogP contribution < -0.4 is 4.74 Å². The van der Waals surface area contributed by atoms with E-state index in [2.05, 4.69) is 16.5 Å². The van der Waals surface area contributed by atoms with Crippen LogP contribution in [-0.4, -0.2) is 16.7 Å². The summed E-state index contributed by atoms with van der Waals surface area (Å²) < 4.78 is 21.0. The third kappa shape index (κ3) is 2.73. The Hall–Kier alpha value is -1.29. The van der Waals surface area contributed by atoms with Crippen LogP contribution >= 0.6 is 11.6 Å². The van der Waals surface area contributed by atoms with Gasteiger partial charge in [0.2, 0.25) is 0 Å². The monoisotopic (exact) mass is 310 g/mol. The van der Waals surface area contributed by atoms with Crippen LogP contribution in [0.25, 0.3) is 11.0 Å². The number of benzene rings is 1. The Kier molecular flexibility index (Phi) is 4.07. The quantitative estimate of drug-likeness (QED) is 0.785. The molecule has 2 unspecified atom stereocenters. The summed E-state index contributed by atoms with van der Waals surface area (Å²) >= 11 is 6.02. The lowest BCUT2D eigenvalue weighted by Gasteiger charge is -2.14. The van der Waals surface area contributed by atoms with Crippen LogP contribution in [0.15, 0.2) is 12.1 Å². The van der Waals surface area contributed by atoms with Crippen LogP contribution in [0.5, 0.6) is 5.75 Å². The van der Waals surface area contributed by atoms with Gasteiger partial charge in [-0.1, -0.05) is 13.3 Å². The van der Waals surface area contributed by atoms with Crippen molar-refractivity contribution >= 4 is 22.6 Å². The van der Waals surface area contributed by atoms with Crippen molar-refractivity contribution in [1.82, 2.24) is 9.55 Å². The fourth-order valence-corrected chi connectivity index (χ4v) is 3.59. The Morgan fingerprint density at radius 1 is 1.43 bits per heavy atom. The van der Waals surface area contributed by atoms with Crippen molar-refractivity contribution in [3.8, 4) is 5.75 Å². The van der Waals surface area contributed by atoms with E-state index in [0.29, 0.717) is 17.3 Å². The Morgan fingerprint density at radius 3 is 2.86 bits per heavy atom. The van der Waals surface area contributed by atoms with Gasteiger partial charge in [0.05, 0.1) is 24.0 Å². The van der Waals surface area contributed by atoms with Gasteiger partial charge >= 0.3 is 0 Å². The fourth-order valence-electron chi connectivity index (χ4n) is 3.39. The van der Waals surface area contributed by atoms with Gasteiger partial charge in [-0.25, -0.2) is 9.37 Å². The molecule has 0 spiro atoms. The molecule has 0 aliphatic heterocycles. The molecule has 0 N–H and O–H groups in total. The van der Waals surface area contributed by atoms with Gasteiger partial charge in [-0.05, 0) is 24.7 Å². The number of alkyl halides is 1. The van der Waals surface area contributed by atoms with E-state index in [1.165, 1.54) is 32.4 Å². The maximum absolute atomic E-state index is 13.8. The number of aromatic nitrogens is 2. The molecule has 3 nitrogen and oxygen atoms in total. The molecule has 2 aromatic rings. The van der Waals surface area contributed by atoms with E-state index in [4.69, 9.17) is 16.3 Å². The zero-order valence-electron chi connectivity index (χ0n) is 12.4. The minimum absolute atomic E-state index is 0.254. The van der Waals surface area contributed by atoms with E-state index in [9.17, 15) is 4.39 Å². The molecule has 21 heavy (non-hydrogen) atoms. The van der Waals surface area contributed by atoms with Crippen LogP contribution in [0.4, 0.5) is 4.39 Å². The van der Waals surface area contributed by atoms with Crippen LogP contribution in [0.2, 0.25) is 0 Å². The summed E-state index contributed by atoms with van der Waals surface area (Å²) in [4.78, 5) is 4.46. The van der Waals surface area contributed by atoms with Crippen LogP contribution in [-0.2, 0) is 12.4 Å². The Balaban J connectivity index is 2.02. The number of imidazole rings is 1. The molecular formula is C16H20ClFN2O. The number of ether oxygens (including phenoxy) is 1. The SMILES string of the molecule is COc1cc2c(cc1F)nc(CCl)n2CC1CCC(C)C1. The second-order valence-electron chi connectivity index (χ2n) is 6.03. The molecule has 3 rings (SSSR count). The maximum Gasteiger partial charge on any atom is 0.167 e. The Morgan fingerprint density at radius 2 is 2.24 bits per heavy atom. The van der Waals surface area contributed by atoms with Gasteiger partial charge in [-0.15, -0.1) is 11.6 Å². The summed E-state index contributed by atoms with van der Waals surface area (Å²) in [5.74, 6) is 2.45. The molecule has 1 aliphatic rings. The largest absolute Gasteiger partial charge is 0.494 e. The molecule has 1 aliphatic carbocycles. The lowest BCUT2D eigenvalue weighted by Crippen LogP contribution is -2.10. The maximum atomic E-state index is 13.8. The van der Waals surface area contributed by atoms with E-state index in [1.807, 2.05) is 0 Å². The van der Waals surface area contributed by atoms with Crippen LogP contribution in [0.1, 0.15) is 32.0 Å². The number of rotatable bonds is 4. The molecule has 1 heterocycles. The molecule has 1 saturated carbocycles. The van der Waals surface area contributed by atoms with Crippen LogP contribution in [0, 0.1) is 17.7 Å². The first-order chi connectivity index (χ1) is 10.1. The zero-order valence-corrected chi connectivity index (χ0v) is 13.2. The molecule has 0 radical (unpaired) electrons. The average molecular weight is 311 g/mol. The van der Waals surface area contributed by atoms with Gasteiger partial charge in [0.25, 0.3) is 0 Å². The van der Waals surface area contributed by atoms with Crippen molar-refractivity contribution in [2.75, 3.05) is 7.11 Å². The highest BCUT2D eigenvalue weighted by atomic mass is 35.5. The first kappa shape index (κ1) is 14.6. The molecule has 1 aromatic heterocycles. The van der Waals surface area contributed by atoms with Gasteiger partial charge in [-0.3, -0.25) is 0 Å². The number of hydrogen-bond acceptors (Lipinski definition) is 2. The Bertz CT molecular complexity index is 655. The standard InChI is InChI=1S/C16H20ClFN2O/c1-10-3-4-11(5-10)9-20-14-7-15(21-2)12(18)6-13(14)19-16(20)8-17/h6-7,10-11H,3-5,8-9H2,1-2H3. The van der Waals surface area contributed by atoms with Crippen molar-refractivity contribution < 1.29 is 9.13 Å². The highest BCUT2D eigenvalue weighted by molar-refractivity contribution is 6.16. The molecule has 5 heteroatoms. The number of fused-ring (bicyclic) bond motifs is 1. The average Bonchev–Trinajstić information content (AvgIpc) is 3.02. The van der Waals surface area contributed by atoms with E-state index in [-0.39, 0.29) is 11.6 Å². The summed E-state index contributed by atoms with van der Waals surface area (Å²) in [5, 5.41) is 0. The van der Waals surface area contributed by atoms with Gasteiger partial charge in [0, 0.05) is 18.7 Å². The number of hydrogen-bond donors (Lipinski definition) is 0. The van der Waals surface area contributed by atoms with Crippen LogP contribution in [0.3, 0.4) is 0 Å². The molecular weight excluding hydrogens is 291 g/mol. The number of methoxy groups -OCH3 is 1. The van der Waals surface area contributed by atoms with Gasteiger partial charge in [0.15, 0.2) is 11.6 Å². The minimum atomic E-state index is -0.384. The molecule has 0 bridgehead atoms. The lowest BCUT2D eigenvalue weighted by atomic mass is 10.1. The van der Waals surface area contributed by atoms with Crippen molar-refractivity contribution in [1.29, 1.82) is 0 Å². The van der Waals surface area contributed by atoms with Crippen molar-refractivity contribution in [2.45, 2.75) is 38.6 Å². The van der Waals surface area contributed by atoms with Gasteiger partial charge in [-0.2, -0.15) is 0 Å².